The average Bonchev–Trinajstić information content (AvgIpc) is 3.27. The van der Waals surface area contributed by atoms with Crippen molar-refractivity contribution in [3.8, 4) is 0 Å². The second kappa shape index (κ2) is 11.1. The quantitative estimate of drug-likeness (QED) is 0.358. The number of ether oxygens (including phenoxy) is 1. The Labute approximate surface area is 208 Å². The van der Waals surface area contributed by atoms with Crippen molar-refractivity contribution in [2.75, 3.05) is 25.2 Å². The normalized spacial score (nSPS) is 11.9. The largest absolute Gasteiger partial charge is 0.383 e. The topological polar surface area (TPSA) is 89.4 Å². The van der Waals surface area contributed by atoms with Gasteiger partial charge in [-0.15, -0.1) is 5.10 Å². The zero-order chi connectivity index (χ0) is 24.8. The summed E-state index contributed by atoms with van der Waals surface area (Å²) in [6, 6.07) is 20.9. The lowest BCUT2D eigenvalue weighted by atomic mass is 10.0. The molecule has 0 radical (unpaired) electrons. The Bertz CT molecular complexity index is 1300. The van der Waals surface area contributed by atoms with E-state index in [-0.39, 0.29) is 18.4 Å². The molecule has 0 saturated carbocycles. The van der Waals surface area contributed by atoms with Gasteiger partial charge in [-0.25, -0.2) is 4.68 Å². The van der Waals surface area contributed by atoms with Gasteiger partial charge in [-0.3, -0.25) is 14.5 Å². The molecule has 0 unspecified atom stereocenters. The van der Waals surface area contributed by atoms with Gasteiger partial charge in [0.15, 0.2) is 0 Å². The highest BCUT2D eigenvalue weighted by molar-refractivity contribution is 6.30. The molecule has 1 heterocycles. The lowest BCUT2D eigenvalue weighted by Crippen LogP contribution is -2.46. The molecule has 0 aliphatic heterocycles. The second-order valence-corrected chi connectivity index (χ2v) is 8.51. The smallest absolute Gasteiger partial charge is 0.249 e. The van der Waals surface area contributed by atoms with E-state index in [4.69, 9.17) is 16.3 Å². The third-order valence-corrected chi connectivity index (χ3v) is 5.84. The van der Waals surface area contributed by atoms with E-state index >= 15 is 0 Å². The van der Waals surface area contributed by atoms with Crippen LogP contribution in [0.15, 0.2) is 72.8 Å². The van der Waals surface area contributed by atoms with E-state index in [2.05, 4.69) is 15.6 Å². The van der Waals surface area contributed by atoms with Crippen molar-refractivity contribution in [1.29, 1.82) is 0 Å². The lowest BCUT2D eigenvalue weighted by Gasteiger charge is -2.31. The summed E-state index contributed by atoms with van der Waals surface area (Å²) in [5, 5.41) is 11.7. The minimum Gasteiger partial charge on any atom is -0.383 e. The van der Waals surface area contributed by atoms with Crippen LogP contribution in [-0.2, 0) is 20.9 Å². The minimum atomic E-state index is -0.920. The number of amides is 2. The zero-order valence-corrected chi connectivity index (χ0v) is 20.3. The van der Waals surface area contributed by atoms with Gasteiger partial charge < -0.3 is 10.1 Å². The van der Waals surface area contributed by atoms with Crippen molar-refractivity contribution in [2.24, 2.45) is 0 Å². The van der Waals surface area contributed by atoms with Crippen LogP contribution < -0.4 is 10.2 Å². The Morgan fingerprint density at radius 2 is 1.77 bits per heavy atom. The first-order chi connectivity index (χ1) is 17.0. The highest BCUT2D eigenvalue weighted by Gasteiger charge is 2.33. The number of carbonyl (C=O) groups excluding carboxylic acids is 2. The Balaban J connectivity index is 1.76. The van der Waals surface area contributed by atoms with Crippen LogP contribution in [0.1, 0.15) is 17.2 Å². The molecular formula is C26H26ClN5O3. The third-order valence-electron chi connectivity index (χ3n) is 5.58. The first-order valence-corrected chi connectivity index (χ1v) is 11.5. The molecule has 1 aromatic heterocycles. The fraction of sp³-hybridized carbons (Fsp3) is 0.231. The van der Waals surface area contributed by atoms with Crippen LogP contribution in [0.2, 0.25) is 5.02 Å². The number of aryl methyl sites for hydroxylation is 1. The molecule has 0 fully saturated rings. The molecular weight excluding hydrogens is 466 g/mol. The predicted molar refractivity (Wildman–Crippen MR) is 135 cm³/mol. The maximum Gasteiger partial charge on any atom is 0.249 e. The van der Waals surface area contributed by atoms with Gasteiger partial charge in [0.05, 0.1) is 12.1 Å². The van der Waals surface area contributed by atoms with Gasteiger partial charge in [0, 0.05) is 24.4 Å². The van der Waals surface area contributed by atoms with Crippen LogP contribution in [0, 0.1) is 6.92 Å². The number of nitrogens with one attached hydrogen (secondary N) is 1. The SMILES string of the molecule is COCCNC(=O)[C@H](c1ccc(C)cc1)N(C(=O)Cn1nnc2ccccc21)c1ccc(Cl)cc1. The number of fused-ring (bicyclic) bond motifs is 1. The summed E-state index contributed by atoms with van der Waals surface area (Å²) in [6.45, 7) is 2.53. The molecule has 0 saturated heterocycles. The van der Waals surface area contributed by atoms with Gasteiger partial charge >= 0.3 is 0 Å². The van der Waals surface area contributed by atoms with Gasteiger partial charge in [-0.1, -0.05) is 58.8 Å². The van der Waals surface area contributed by atoms with Crippen LogP contribution in [-0.4, -0.2) is 47.1 Å². The molecule has 3 aromatic carbocycles. The summed E-state index contributed by atoms with van der Waals surface area (Å²) < 4.78 is 6.62. The third kappa shape index (κ3) is 5.67. The molecule has 0 spiro atoms. The number of methoxy groups -OCH3 is 1. The van der Waals surface area contributed by atoms with Crippen molar-refractivity contribution in [1.82, 2.24) is 20.3 Å². The molecule has 35 heavy (non-hydrogen) atoms. The molecule has 4 rings (SSSR count). The molecule has 0 aliphatic carbocycles. The van der Waals surface area contributed by atoms with Crippen molar-refractivity contribution in [3.63, 3.8) is 0 Å². The predicted octanol–water partition coefficient (Wildman–Crippen LogP) is 3.93. The minimum absolute atomic E-state index is 0.100. The molecule has 180 valence electrons. The lowest BCUT2D eigenvalue weighted by molar-refractivity contribution is -0.127. The van der Waals surface area contributed by atoms with E-state index < -0.39 is 6.04 Å². The number of nitrogens with zero attached hydrogens (tertiary/aromatic N) is 4. The van der Waals surface area contributed by atoms with E-state index in [0.717, 1.165) is 11.1 Å². The first kappa shape index (κ1) is 24.4. The van der Waals surface area contributed by atoms with Crippen molar-refractivity contribution < 1.29 is 14.3 Å². The zero-order valence-electron chi connectivity index (χ0n) is 19.5. The van der Waals surface area contributed by atoms with Crippen LogP contribution in [0.25, 0.3) is 11.0 Å². The number of rotatable bonds is 9. The molecule has 0 aliphatic rings. The van der Waals surface area contributed by atoms with E-state index in [1.54, 1.807) is 31.4 Å². The van der Waals surface area contributed by atoms with Crippen molar-refractivity contribution in [2.45, 2.75) is 19.5 Å². The average molecular weight is 492 g/mol. The summed E-state index contributed by atoms with van der Waals surface area (Å²) in [4.78, 5) is 28.8. The van der Waals surface area contributed by atoms with E-state index in [1.807, 2.05) is 55.5 Å². The molecule has 1 N–H and O–H groups in total. The number of carbonyl (C=O) groups is 2. The van der Waals surface area contributed by atoms with Crippen molar-refractivity contribution >= 4 is 40.1 Å². The van der Waals surface area contributed by atoms with Crippen LogP contribution >= 0.6 is 11.6 Å². The van der Waals surface area contributed by atoms with Gasteiger partial charge in [-0.2, -0.15) is 0 Å². The van der Waals surface area contributed by atoms with E-state index in [9.17, 15) is 9.59 Å². The molecule has 0 bridgehead atoms. The number of anilines is 1. The maximum absolute atomic E-state index is 13.9. The van der Waals surface area contributed by atoms with Gasteiger partial charge in [0.1, 0.15) is 18.1 Å². The molecule has 2 amide bonds. The summed E-state index contributed by atoms with van der Waals surface area (Å²) in [5.74, 6) is -0.645. The van der Waals surface area contributed by atoms with Gasteiger partial charge in [0.25, 0.3) is 0 Å². The Morgan fingerprint density at radius 1 is 1.06 bits per heavy atom. The van der Waals surface area contributed by atoms with Crippen molar-refractivity contribution in [3.05, 3.63) is 88.9 Å². The molecule has 9 heteroatoms. The standard InChI is InChI=1S/C26H26ClN5O3/c1-18-7-9-19(10-8-18)25(26(34)28-15-16-35-2)32(21-13-11-20(27)12-14-21)24(33)17-31-23-6-4-3-5-22(23)29-30-31/h3-14,25H,15-17H2,1-2H3,(H,28,34)/t25-/m0/s1. The highest BCUT2D eigenvalue weighted by atomic mass is 35.5. The van der Waals surface area contributed by atoms with Gasteiger partial charge in [0.2, 0.25) is 11.8 Å². The Kier molecular flexibility index (Phi) is 7.74. The van der Waals surface area contributed by atoms with Crippen LogP contribution in [0.5, 0.6) is 0 Å². The second-order valence-electron chi connectivity index (χ2n) is 8.07. The summed E-state index contributed by atoms with van der Waals surface area (Å²) in [6.07, 6.45) is 0. The number of benzene rings is 3. The number of para-hydroxylation sites is 1. The fourth-order valence-corrected chi connectivity index (χ4v) is 3.94. The number of halogens is 1. The fourth-order valence-electron chi connectivity index (χ4n) is 3.82. The van der Waals surface area contributed by atoms with Gasteiger partial charge in [-0.05, 0) is 48.9 Å². The van der Waals surface area contributed by atoms with Crippen LogP contribution in [0.4, 0.5) is 5.69 Å². The molecule has 1 atom stereocenters. The monoisotopic (exact) mass is 491 g/mol. The number of aromatic nitrogens is 3. The highest BCUT2D eigenvalue weighted by Crippen LogP contribution is 2.30. The summed E-state index contributed by atoms with van der Waals surface area (Å²) in [5.41, 5.74) is 3.68. The van der Waals surface area contributed by atoms with E-state index in [0.29, 0.717) is 34.9 Å². The maximum atomic E-state index is 13.9. The van der Waals surface area contributed by atoms with E-state index in [1.165, 1.54) is 9.58 Å². The summed E-state index contributed by atoms with van der Waals surface area (Å²) >= 11 is 6.12. The Morgan fingerprint density at radius 3 is 2.49 bits per heavy atom. The summed E-state index contributed by atoms with van der Waals surface area (Å²) in [7, 11) is 1.57. The molecule has 8 nitrogen and oxygen atoms in total. The first-order valence-electron chi connectivity index (χ1n) is 11.2. The number of hydrogen-bond acceptors (Lipinski definition) is 5. The van der Waals surface area contributed by atoms with Crippen LogP contribution in [0.3, 0.4) is 0 Å². The molecule has 4 aromatic rings. The Hall–Kier alpha value is -3.75. The number of hydrogen-bond donors (Lipinski definition) is 1.